The summed E-state index contributed by atoms with van der Waals surface area (Å²) in [5.74, 6) is 0. The molecule has 0 saturated carbocycles. The molecule has 1 aliphatic heterocycles. The summed E-state index contributed by atoms with van der Waals surface area (Å²) < 4.78 is 28.8. The lowest BCUT2D eigenvalue weighted by Gasteiger charge is -2.34. The smallest absolute Gasteiger partial charge is 0.244 e. The van der Waals surface area contributed by atoms with E-state index in [1.165, 1.54) is 10.9 Å². The summed E-state index contributed by atoms with van der Waals surface area (Å²) in [4.78, 5) is 3.79. The van der Waals surface area contributed by atoms with Gasteiger partial charge in [-0.05, 0) is 52.5 Å². The third-order valence-corrected chi connectivity index (χ3v) is 7.84. The monoisotopic (exact) mass is 418 g/mol. The Labute approximate surface area is 156 Å². The van der Waals surface area contributed by atoms with Crippen LogP contribution in [0.15, 0.2) is 57.9 Å². The van der Waals surface area contributed by atoms with Crippen molar-refractivity contribution in [2.45, 2.75) is 30.7 Å². The molecular weight excluding hydrogens is 400 g/mol. The van der Waals surface area contributed by atoms with Gasteiger partial charge in [-0.15, -0.1) is 0 Å². The first-order chi connectivity index (χ1) is 12.0. The van der Waals surface area contributed by atoms with E-state index < -0.39 is 10.0 Å². The van der Waals surface area contributed by atoms with Crippen LogP contribution in [-0.4, -0.2) is 24.3 Å². The Morgan fingerprint density at radius 3 is 2.64 bits per heavy atom. The van der Waals surface area contributed by atoms with Crippen LogP contribution in [0.2, 0.25) is 0 Å². The van der Waals surface area contributed by atoms with Crippen LogP contribution < -0.4 is 0 Å². The van der Waals surface area contributed by atoms with Crippen molar-refractivity contribution >= 4 is 36.9 Å². The SMILES string of the molecule is CCC1c2[nH]c3ccccc3c2CCN1S(=O)(=O)c1ccccc1Br. The van der Waals surface area contributed by atoms with Crippen molar-refractivity contribution < 1.29 is 8.42 Å². The van der Waals surface area contributed by atoms with E-state index >= 15 is 0 Å². The second-order valence-corrected chi connectivity index (χ2v) is 9.00. The van der Waals surface area contributed by atoms with Crippen molar-refractivity contribution in [3.05, 3.63) is 64.3 Å². The molecule has 0 aliphatic carbocycles. The Bertz CT molecular complexity index is 1040. The Balaban J connectivity index is 1.84. The molecule has 0 spiro atoms. The molecule has 1 atom stereocenters. The van der Waals surface area contributed by atoms with Crippen molar-refractivity contribution in [3.8, 4) is 0 Å². The van der Waals surface area contributed by atoms with E-state index in [1.54, 1.807) is 22.5 Å². The first-order valence-corrected chi connectivity index (χ1v) is 10.6. The Hall–Kier alpha value is -1.63. The van der Waals surface area contributed by atoms with E-state index in [4.69, 9.17) is 0 Å². The first kappa shape index (κ1) is 16.8. The van der Waals surface area contributed by atoms with Crippen molar-refractivity contribution in [2.75, 3.05) is 6.54 Å². The van der Waals surface area contributed by atoms with Gasteiger partial charge in [0.2, 0.25) is 10.0 Å². The molecule has 3 aromatic rings. The van der Waals surface area contributed by atoms with Crippen LogP contribution in [0, 0.1) is 0 Å². The van der Waals surface area contributed by atoms with E-state index in [9.17, 15) is 8.42 Å². The number of H-pyrrole nitrogens is 1. The Kier molecular flexibility index (Phi) is 4.22. The van der Waals surface area contributed by atoms with Gasteiger partial charge in [-0.1, -0.05) is 37.3 Å². The quantitative estimate of drug-likeness (QED) is 0.673. The van der Waals surface area contributed by atoms with Crippen LogP contribution in [0.1, 0.15) is 30.6 Å². The average molecular weight is 419 g/mol. The Morgan fingerprint density at radius 1 is 1.16 bits per heavy atom. The molecule has 6 heteroatoms. The lowest BCUT2D eigenvalue weighted by molar-refractivity contribution is 0.297. The highest BCUT2D eigenvalue weighted by Gasteiger charge is 2.37. The maximum Gasteiger partial charge on any atom is 0.244 e. The van der Waals surface area contributed by atoms with E-state index in [-0.39, 0.29) is 6.04 Å². The zero-order chi connectivity index (χ0) is 17.6. The maximum absolute atomic E-state index is 13.3. The molecule has 0 bridgehead atoms. The molecule has 4 nitrogen and oxygen atoms in total. The van der Waals surface area contributed by atoms with Crippen molar-refractivity contribution in [3.63, 3.8) is 0 Å². The van der Waals surface area contributed by atoms with Crippen LogP contribution in [0.25, 0.3) is 10.9 Å². The second-order valence-electron chi connectivity index (χ2n) is 6.28. The number of aromatic amines is 1. The van der Waals surface area contributed by atoms with E-state index in [0.717, 1.165) is 24.1 Å². The first-order valence-electron chi connectivity index (χ1n) is 8.40. The predicted octanol–water partition coefficient (Wildman–Crippen LogP) is 4.63. The minimum Gasteiger partial charge on any atom is -0.357 e. The van der Waals surface area contributed by atoms with Gasteiger partial charge in [-0.25, -0.2) is 8.42 Å². The van der Waals surface area contributed by atoms with Crippen LogP contribution in [-0.2, 0) is 16.4 Å². The molecule has 0 fully saturated rings. The summed E-state index contributed by atoms with van der Waals surface area (Å²) in [5, 5.41) is 1.20. The summed E-state index contributed by atoms with van der Waals surface area (Å²) in [7, 11) is -3.57. The fourth-order valence-corrected chi connectivity index (χ4v) is 6.41. The largest absolute Gasteiger partial charge is 0.357 e. The van der Waals surface area contributed by atoms with E-state index in [0.29, 0.717) is 15.9 Å². The number of nitrogens with zero attached hydrogens (tertiary/aromatic N) is 1. The molecule has 1 unspecified atom stereocenters. The predicted molar refractivity (Wildman–Crippen MR) is 103 cm³/mol. The number of hydrogen-bond donors (Lipinski definition) is 1. The molecule has 1 aliphatic rings. The van der Waals surface area contributed by atoms with Crippen molar-refractivity contribution in [1.82, 2.24) is 9.29 Å². The normalized spacial score (nSPS) is 18.4. The molecule has 130 valence electrons. The molecule has 4 rings (SSSR count). The van der Waals surface area contributed by atoms with Gasteiger partial charge in [0.15, 0.2) is 0 Å². The second kappa shape index (κ2) is 6.27. The number of hydrogen-bond acceptors (Lipinski definition) is 2. The molecule has 1 N–H and O–H groups in total. The zero-order valence-electron chi connectivity index (χ0n) is 13.9. The van der Waals surface area contributed by atoms with Crippen molar-refractivity contribution in [2.24, 2.45) is 0 Å². The number of nitrogens with one attached hydrogen (secondary N) is 1. The highest BCUT2D eigenvalue weighted by molar-refractivity contribution is 9.10. The number of fused-ring (bicyclic) bond motifs is 3. The third-order valence-electron chi connectivity index (χ3n) is 4.92. The van der Waals surface area contributed by atoms with Crippen LogP contribution in [0.4, 0.5) is 0 Å². The summed E-state index contributed by atoms with van der Waals surface area (Å²) >= 11 is 3.39. The van der Waals surface area contributed by atoms with Gasteiger partial charge in [0.1, 0.15) is 0 Å². The highest BCUT2D eigenvalue weighted by atomic mass is 79.9. The fraction of sp³-hybridized carbons (Fsp3) is 0.263. The molecule has 25 heavy (non-hydrogen) atoms. The third kappa shape index (κ3) is 2.63. The lowest BCUT2D eigenvalue weighted by atomic mass is 9.98. The standard InChI is InChI=1S/C19H19BrN2O2S/c1-2-17-19-14(13-7-3-5-9-16(13)21-19)11-12-22(17)25(23,24)18-10-6-4-8-15(18)20/h3-10,17,21H,2,11-12H2,1H3. The number of benzene rings is 2. The Morgan fingerprint density at radius 2 is 1.88 bits per heavy atom. The molecule has 2 aromatic carbocycles. The minimum atomic E-state index is -3.57. The summed E-state index contributed by atoms with van der Waals surface area (Å²) in [6.07, 6.45) is 1.45. The van der Waals surface area contributed by atoms with Crippen LogP contribution in [0.5, 0.6) is 0 Å². The molecule has 2 heterocycles. The lowest BCUT2D eigenvalue weighted by Crippen LogP contribution is -2.39. The van der Waals surface area contributed by atoms with Gasteiger partial charge >= 0.3 is 0 Å². The number of aromatic nitrogens is 1. The summed E-state index contributed by atoms with van der Waals surface area (Å²) in [5.41, 5.74) is 3.36. The number of halogens is 1. The highest BCUT2D eigenvalue weighted by Crippen LogP contribution is 2.39. The number of rotatable bonds is 3. The van der Waals surface area contributed by atoms with Crippen LogP contribution in [0.3, 0.4) is 0 Å². The van der Waals surface area contributed by atoms with Crippen molar-refractivity contribution in [1.29, 1.82) is 0 Å². The number of sulfonamides is 1. The minimum absolute atomic E-state index is 0.173. The van der Waals surface area contributed by atoms with Gasteiger partial charge in [0, 0.05) is 27.6 Å². The topological polar surface area (TPSA) is 53.2 Å². The van der Waals surface area contributed by atoms with Crippen LogP contribution >= 0.6 is 15.9 Å². The van der Waals surface area contributed by atoms with E-state index in [2.05, 4.69) is 27.0 Å². The van der Waals surface area contributed by atoms with E-state index in [1.807, 2.05) is 31.2 Å². The molecule has 0 radical (unpaired) electrons. The van der Waals surface area contributed by atoms with Gasteiger partial charge in [0.25, 0.3) is 0 Å². The van der Waals surface area contributed by atoms with Gasteiger partial charge in [-0.2, -0.15) is 4.31 Å². The summed E-state index contributed by atoms with van der Waals surface area (Å²) in [6, 6.07) is 15.0. The summed E-state index contributed by atoms with van der Waals surface area (Å²) in [6.45, 7) is 2.53. The maximum atomic E-state index is 13.3. The molecule has 0 amide bonds. The molecule has 1 aromatic heterocycles. The average Bonchev–Trinajstić information content (AvgIpc) is 2.99. The van der Waals surface area contributed by atoms with Gasteiger partial charge < -0.3 is 4.98 Å². The molecular formula is C19H19BrN2O2S. The molecule has 0 saturated heterocycles. The van der Waals surface area contributed by atoms with Gasteiger partial charge in [0.05, 0.1) is 10.9 Å². The number of para-hydroxylation sites is 1. The fourth-order valence-electron chi connectivity index (χ4n) is 3.77. The zero-order valence-corrected chi connectivity index (χ0v) is 16.3. The van der Waals surface area contributed by atoms with Gasteiger partial charge in [-0.3, -0.25) is 0 Å².